The van der Waals surface area contributed by atoms with Gasteiger partial charge < -0.3 is 15.7 Å². The van der Waals surface area contributed by atoms with Crippen LogP contribution in [0.5, 0.6) is 0 Å². The van der Waals surface area contributed by atoms with Crippen molar-refractivity contribution in [3.05, 3.63) is 0 Å². The zero-order valence-corrected chi connectivity index (χ0v) is 13.0. The second-order valence-electron chi connectivity index (χ2n) is 5.96. The van der Waals surface area contributed by atoms with E-state index in [1.807, 2.05) is 0 Å². The standard InChI is InChI=1S/C15H28F2N2O2/c1-3-9-19-14(21)15(16,17)13(20)12(18-2)10-11-7-5-4-6-8-11/h11-13,18,20H,3-10H2,1-2H3,(H,19,21). The number of likely N-dealkylation sites (N-methyl/N-ethyl adjacent to an activating group) is 1. The molecule has 0 saturated heterocycles. The van der Waals surface area contributed by atoms with Crippen LogP contribution in [0.2, 0.25) is 0 Å². The lowest BCUT2D eigenvalue weighted by Gasteiger charge is -2.32. The fourth-order valence-electron chi connectivity index (χ4n) is 2.93. The molecule has 3 N–H and O–H groups in total. The number of hydrogen-bond acceptors (Lipinski definition) is 3. The number of amides is 1. The van der Waals surface area contributed by atoms with Gasteiger partial charge in [0.15, 0.2) is 0 Å². The summed E-state index contributed by atoms with van der Waals surface area (Å²) in [7, 11) is 1.55. The van der Waals surface area contributed by atoms with Gasteiger partial charge in [-0.25, -0.2) is 0 Å². The first kappa shape index (κ1) is 18.3. The summed E-state index contributed by atoms with van der Waals surface area (Å²) in [6, 6.07) is -0.768. The summed E-state index contributed by atoms with van der Waals surface area (Å²) in [5.74, 6) is -4.81. The Balaban J connectivity index is 2.62. The summed E-state index contributed by atoms with van der Waals surface area (Å²) in [4.78, 5) is 11.5. The van der Waals surface area contributed by atoms with E-state index < -0.39 is 24.0 Å². The van der Waals surface area contributed by atoms with Crippen LogP contribution in [-0.2, 0) is 4.79 Å². The first-order valence-electron chi connectivity index (χ1n) is 7.94. The van der Waals surface area contributed by atoms with Crippen molar-refractivity contribution in [3.8, 4) is 0 Å². The van der Waals surface area contributed by atoms with Crippen molar-refractivity contribution in [2.24, 2.45) is 5.92 Å². The normalized spacial score (nSPS) is 20.0. The molecular formula is C15H28F2N2O2. The topological polar surface area (TPSA) is 61.4 Å². The highest BCUT2D eigenvalue weighted by Crippen LogP contribution is 2.30. The van der Waals surface area contributed by atoms with E-state index in [4.69, 9.17) is 0 Å². The van der Waals surface area contributed by atoms with Crippen LogP contribution >= 0.6 is 0 Å². The first-order chi connectivity index (χ1) is 9.93. The van der Waals surface area contributed by atoms with E-state index in [1.165, 1.54) is 6.42 Å². The molecule has 0 aromatic carbocycles. The molecule has 2 unspecified atom stereocenters. The van der Waals surface area contributed by atoms with Crippen LogP contribution in [0.25, 0.3) is 0 Å². The minimum atomic E-state index is -3.77. The Morgan fingerprint density at radius 1 is 1.33 bits per heavy atom. The van der Waals surface area contributed by atoms with E-state index in [-0.39, 0.29) is 6.54 Å². The number of carbonyl (C=O) groups is 1. The molecule has 1 fully saturated rings. The number of alkyl halides is 2. The van der Waals surface area contributed by atoms with Gasteiger partial charge in [-0.3, -0.25) is 4.79 Å². The van der Waals surface area contributed by atoms with Gasteiger partial charge in [0.1, 0.15) is 6.10 Å². The molecule has 4 nitrogen and oxygen atoms in total. The van der Waals surface area contributed by atoms with Crippen LogP contribution in [-0.4, -0.2) is 42.7 Å². The minimum absolute atomic E-state index is 0.188. The molecule has 0 aromatic rings. The molecule has 2 atom stereocenters. The van der Waals surface area contributed by atoms with Crippen molar-refractivity contribution in [1.82, 2.24) is 10.6 Å². The van der Waals surface area contributed by atoms with Crippen molar-refractivity contribution < 1.29 is 18.7 Å². The van der Waals surface area contributed by atoms with Gasteiger partial charge in [-0.05, 0) is 25.8 Å². The van der Waals surface area contributed by atoms with Crippen LogP contribution < -0.4 is 10.6 Å². The van der Waals surface area contributed by atoms with Crippen LogP contribution in [0, 0.1) is 5.92 Å². The van der Waals surface area contributed by atoms with Gasteiger partial charge in [0.25, 0.3) is 5.91 Å². The van der Waals surface area contributed by atoms with E-state index in [1.54, 1.807) is 14.0 Å². The molecule has 6 heteroatoms. The summed E-state index contributed by atoms with van der Waals surface area (Å²) in [5.41, 5.74) is 0. The molecule has 0 spiro atoms. The Labute approximate surface area is 125 Å². The molecule has 1 amide bonds. The predicted molar refractivity (Wildman–Crippen MR) is 78.3 cm³/mol. The highest BCUT2D eigenvalue weighted by atomic mass is 19.3. The maximum Gasteiger partial charge on any atom is 0.351 e. The fourth-order valence-corrected chi connectivity index (χ4v) is 2.93. The highest BCUT2D eigenvalue weighted by Gasteiger charge is 2.49. The van der Waals surface area contributed by atoms with Gasteiger partial charge in [0.05, 0.1) is 0 Å². The smallest absolute Gasteiger partial charge is 0.351 e. The van der Waals surface area contributed by atoms with Gasteiger partial charge >= 0.3 is 5.92 Å². The van der Waals surface area contributed by atoms with Crippen LogP contribution in [0.3, 0.4) is 0 Å². The number of halogens is 2. The lowest BCUT2D eigenvalue weighted by Crippen LogP contribution is -2.56. The highest BCUT2D eigenvalue weighted by molar-refractivity contribution is 5.84. The Bertz CT molecular complexity index is 321. The van der Waals surface area contributed by atoms with E-state index in [9.17, 15) is 18.7 Å². The molecule has 1 aliphatic carbocycles. The third-order valence-electron chi connectivity index (χ3n) is 4.27. The quantitative estimate of drug-likeness (QED) is 0.643. The van der Waals surface area contributed by atoms with Gasteiger partial charge in [0.2, 0.25) is 0 Å². The summed E-state index contributed by atoms with van der Waals surface area (Å²) < 4.78 is 28.0. The van der Waals surface area contributed by atoms with Crippen molar-refractivity contribution in [3.63, 3.8) is 0 Å². The molecule has 1 aliphatic rings. The third-order valence-corrected chi connectivity index (χ3v) is 4.27. The molecule has 0 bridgehead atoms. The summed E-state index contributed by atoms with van der Waals surface area (Å²) in [6.45, 7) is 1.97. The second-order valence-corrected chi connectivity index (χ2v) is 5.96. The zero-order valence-electron chi connectivity index (χ0n) is 13.0. The third kappa shape index (κ3) is 5.18. The average molecular weight is 306 g/mol. The van der Waals surface area contributed by atoms with Crippen LogP contribution in [0.15, 0.2) is 0 Å². The molecule has 0 aromatic heterocycles. The fraction of sp³-hybridized carbons (Fsp3) is 0.933. The number of aliphatic hydroxyl groups excluding tert-OH is 1. The Morgan fingerprint density at radius 3 is 2.48 bits per heavy atom. The average Bonchev–Trinajstić information content (AvgIpc) is 2.50. The van der Waals surface area contributed by atoms with E-state index in [0.717, 1.165) is 25.7 Å². The van der Waals surface area contributed by atoms with Gasteiger partial charge in [-0.1, -0.05) is 39.0 Å². The zero-order chi connectivity index (χ0) is 15.9. The predicted octanol–water partition coefficient (Wildman–Crippen LogP) is 2.07. The largest absolute Gasteiger partial charge is 0.385 e. The molecule has 1 saturated carbocycles. The number of rotatable bonds is 8. The van der Waals surface area contributed by atoms with E-state index in [2.05, 4.69) is 10.6 Å². The summed E-state index contributed by atoms with van der Waals surface area (Å²) in [5, 5.41) is 14.9. The number of carbonyl (C=O) groups excluding carboxylic acids is 1. The van der Waals surface area contributed by atoms with Crippen molar-refractivity contribution >= 4 is 5.91 Å². The SMILES string of the molecule is CCCNC(=O)C(F)(F)C(O)C(CC1CCCCC1)NC. The lowest BCUT2D eigenvalue weighted by atomic mass is 9.83. The molecule has 0 heterocycles. The Hall–Kier alpha value is -0.750. The summed E-state index contributed by atoms with van der Waals surface area (Å²) >= 11 is 0. The number of hydrogen-bond donors (Lipinski definition) is 3. The van der Waals surface area contributed by atoms with E-state index in [0.29, 0.717) is 18.8 Å². The second kappa shape index (κ2) is 8.63. The number of aliphatic hydroxyl groups is 1. The van der Waals surface area contributed by atoms with Crippen LogP contribution in [0.4, 0.5) is 8.78 Å². The molecular weight excluding hydrogens is 278 g/mol. The molecule has 124 valence electrons. The minimum Gasteiger partial charge on any atom is -0.385 e. The van der Waals surface area contributed by atoms with Gasteiger partial charge in [-0.2, -0.15) is 8.78 Å². The first-order valence-corrected chi connectivity index (χ1v) is 7.94. The van der Waals surface area contributed by atoms with E-state index >= 15 is 0 Å². The lowest BCUT2D eigenvalue weighted by molar-refractivity contribution is -0.167. The molecule has 1 rings (SSSR count). The maximum atomic E-state index is 14.0. The van der Waals surface area contributed by atoms with Crippen molar-refractivity contribution in [1.29, 1.82) is 0 Å². The molecule has 0 aliphatic heterocycles. The summed E-state index contributed by atoms with van der Waals surface area (Å²) in [6.07, 6.45) is 4.51. The van der Waals surface area contributed by atoms with Crippen LogP contribution in [0.1, 0.15) is 51.9 Å². The van der Waals surface area contributed by atoms with Crippen molar-refractivity contribution in [2.45, 2.75) is 69.9 Å². The monoisotopic (exact) mass is 306 g/mol. The Kier molecular flexibility index (Phi) is 7.52. The maximum absolute atomic E-state index is 14.0. The molecule has 21 heavy (non-hydrogen) atoms. The number of nitrogens with one attached hydrogen (secondary N) is 2. The van der Waals surface area contributed by atoms with Gasteiger partial charge in [0, 0.05) is 12.6 Å². The molecule has 0 radical (unpaired) electrons. The van der Waals surface area contributed by atoms with Crippen molar-refractivity contribution in [2.75, 3.05) is 13.6 Å². The van der Waals surface area contributed by atoms with Gasteiger partial charge in [-0.15, -0.1) is 0 Å². The Morgan fingerprint density at radius 2 is 1.95 bits per heavy atom.